The van der Waals surface area contributed by atoms with E-state index in [1.54, 1.807) is 5.48 Å². The van der Waals surface area contributed by atoms with Crippen molar-refractivity contribution in [3.8, 4) is 11.1 Å². The minimum atomic E-state index is -0.974. The predicted molar refractivity (Wildman–Crippen MR) is 117 cm³/mol. The second kappa shape index (κ2) is 9.93. The maximum absolute atomic E-state index is 11.8. The minimum absolute atomic E-state index is 0.272. The Morgan fingerprint density at radius 1 is 1.00 bits per heavy atom. The molecule has 30 heavy (non-hydrogen) atoms. The van der Waals surface area contributed by atoms with Gasteiger partial charge in [0.15, 0.2) is 0 Å². The van der Waals surface area contributed by atoms with Gasteiger partial charge in [-0.3, -0.25) is 14.9 Å². The number of anilines is 1. The van der Waals surface area contributed by atoms with Crippen LogP contribution in [0.2, 0.25) is 0 Å². The van der Waals surface area contributed by atoms with Crippen LogP contribution >= 0.6 is 0 Å². The number of unbranched alkanes of at least 4 members (excludes halogenated alkanes) is 3. The van der Waals surface area contributed by atoms with Crippen LogP contribution in [0.15, 0.2) is 48.7 Å². The van der Waals surface area contributed by atoms with E-state index in [-0.39, 0.29) is 6.42 Å². The van der Waals surface area contributed by atoms with E-state index in [1.807, 2.05) is 37.4 Å². The third-order valence-corrected chi connectivity index (χ3v) is 5.27. The summed E-state index contributed by atoms with van der Waals surface area (Å²) < 4.78 is 0. The summed E-state index contributed by atoms with van der Waals surface area (Å²) in [6.45, 7) is 2.32. The molecule has 0 radical (unpaired) electrons. The van der Waals surface area contributed by atoms with Gasteiger partial charge in [-0.05, 0) is 66.1 Å². The number of fused-ring (bicyclic) bond motifs is 1. The van der Waals surface area contributed by atoms with Crippen molar-refractivity contribution in [3.63, 3.8) is 0 Å². The molecule has 3 aromatic rings. The number of hydrogen-bond acceptors (Lipinski definition) is 3. The van der Waals surface area contributed by atoms with E-state index < -0.39 is 12.0 Å². The van der Waals surface area contributed by atoms with Crippen LogP contribution in [0.3, 0.4) is 0 Å². The van der Waals surface area contributed by atoms with Gasteiger partial charge in [0.1, 0.15) is 0 Å². The van der Waals surface area contributed by atoms with Crippen molar-refractivity contribution in [3.05, 3.63) is 54.2 Å². The maximum Gasteiger partial charge on any atom is 0.411 e. The summed E-state index contributed by atoms with van der Waals surface area (Å²) in [6.07, 6.45) is 4.20. The molecule has 0 atom stereocenters. The second-order valence-corrected chi connectivity index (χ2v) is 7.41. The molecule has 0 aliphatic heterocycles. The zero-order chi connectivity index (χ0) is 21.5. The monoisotopic (exact) mass is 409 g/mol. The van der Waals surface area contributed by atoms with Gasteiger partial charge in [-0.1, -0.05) is 31.0 Å². The van der Waals surface area contributed by atoms with E-state index in [0.29, 0.717) is 25.1 Å². The largest absolute Gasteiger partial charge is 0.465 e. The fourth-order valence-electron chi connectivity index (χ4n) is 3.65. The molecular formula is C23H27N3O4. The number of aromatic amines is 1. The van der Waals surface area contributed by atoms with E-state index in [4.69, 9.17) is 5.21 Å². The molecule has 158 valence electrons. The van der Waals surface area contributed by atoms with E-state index in [9.17, 15) is 14.7 Å². The van der Waals surface area contributed by atoms with Gasteiger partial charge in [0.2, 0.25) is 5.91 Å². The SMILES string of the molecule is Cc1cc(-c2ccc3cc[nH]c3c2)ccc1N(CCCCCCC(=O)NO)C(=O)O. The highest BCUT2D eigenvalue weighted by Crippen LogP contribution is 2.29. The molecule has 0 spiro atoms. The van der Waals surface area contributed by atoms with Crippen molar-refractivity contribution >= 4 is 28.6 Å². The molecule has 0 aliphatic rings. The summed E-state index contributed by atoms with van der Waals surface area (Å²) in [4.78, 5) is 27.4. The molecule has 7 heteroatoms. The lowest BCUT2D eigenvalue weighted by atomic mass is 10.0. The van der Waals surface area contributed by atoms with Crippen molar-refractivity contribution in [2.24, 2.45) is 0 Å². The summed E-state index contributed by atoms with van der Waals surface area (Å²) in [6, 6.07) is 14.1. The van der Waals surface area contributed by atoms with E-state index >= 15 is 0 Å². The first-order chi connectivity index (χ1) is 14.5. The Labute approximate surface area is 175 Å². The minimum Gasteiger partial charge on any atom is -0.465 e. The van der Waals surface area contributed by atoms with Crippen LogP contribution in [0.25, 0.3) is 22.0 Å². The first kappa shape index (κ1) is 21.4. The molecule has 0 bridgehead atoms. The zero-order valence-corrected chi connectivity index (χ0v) is 17.0. The fraction of sp³-hybridized carbons (Fsp3) is 0.304. The van der Waals surface area contributed by atoms with Crippen molar-refractivity contribution in [1.82, 2.24) is 10.5 Å². The van der Waals surface area contributed by atoms with E-state index in [0.717, 1.165) is 40.4 Å². The van der Waals surface area contributed by atoms with Gasteiger partial charge in [0.25, 0.3) is 0 Å². The first-order valence-electron chi connectivity index (χ1n) is 10.1. The summed E-state index contributed by atoms with van der Waals surface area (Å²) in [5.41, 5.74) is 6.39. The molecule has 0 unspecified atom stereocenters. The lowest BCUT2D eigenvalue weighted by molar-refractivity contribution is -0.129. The number of H-pyrrole nitrogens is 1. The molecule has 0 saturated carbocycles. The number of aryl methyl sites for hydroxylation is 1. The third kappa shape index (κ3) is 5.18. The van der Waals surface area contributed by atoms with Crippen molar-refractivity contribution in [1.29, 1.82) is 0 Å². The van der Waals surface area contributed by atoms with Crippen LogP contribution in [-0.2, 0) is 4.79 Å². The Morgan fingerprint density at radius 3 is 2.47 bits per heavy atom. The smallest absolute Gasteiger partial charge is 0.411 e. The average molecular weight is 409 g/mol. The Balaban J connectivity index is 1.65. The zero-order valence-electron chi connectivity index (χ0n) is 17.0. The highest BCUT2D eigenvalue weighted by molar-refractivity contribution is 5.89. The molecule has 4 N–H and O–H groups in total. The Morgan fingerprint density at radius 2 is 1.73 bits per heavy atom. The molecule has 3 rings (SSSR count). The average Bonchev–Trinajstić information content (AvgIpc) is 3.21. The quantitative estimate of drug-likeness (QED) is 0.224. The van der Waals surface area contributed by atoms with Crippen LogP contribution in [0.1, 0.15) is 37.7 Å². The number of aromatic nitrogens is 1. The maximum atomic E-state index is 11.8. The standard InChI is InChI=1S/C23H27N3O4/c1-16-14-18(19-8-7-17-11-12-24-20(17)15-19)9-10-21(16)26(23(28)29)13-5-3-2-4-6-22(27)25-30/h7-12,14-15,24,30H,2-6,13H2,1H3,(H,25,27)(H,28,29). The van der Waals surface area contributed by atoms with Gasteiger partial charge in [-0.2, -0.15) is 0 Å². The molecule has 1 heterocycles. The Kier molecular flexibility index (Phi) is 7.08. The number of hydroxylamine groups is 1. The summed E-state index contributed by atoms with van der Waals surface area (Å²) in [5.74, 6) is -0.395. The van der Waals surface area contributed by atoms with Crippen LogP contribution in [0, 0.1) is 6.92 Å². The van der Waals surface area contributed by atoms with Crippen LogP contribution in [0.4, 0.5) is 10.5 Å². The number of nitrogens with zero attached hydrogens (tertiary/aromatic N) is 1. The number of amides is 2. The van der Waals surface area contributed by atoms with Crippen molar-refractivity contribution in [2.75, 3.05) is 11.4 Å². The lowest BCUT2D eigenvalue weighted by Crippen LogP contribution is -2.30. The van der Waals surface area contributed by atoms with Gasteiger partial charge in [-0.15, -0.1) is 0 Å². The summed E-state index contributed by atoms with van der Waals surface area (Å²) in [7, 11) is 0. The van der Waals surface area contributed by atoms with Crippen LogP contribution in [0.5, 0.6) is 0 Å². The van der Waals surface area contributed by atoms with Crippen molar-refractivity contribution in [2.45, 2.75) is 39.0 Å². The fourth-order valence-corrected chi connectivity index (χ4v) is 3.65. The molecule has 2 aromatic carbocycles. The molecular weight excluding hydrogens is 382 g/mol. The summed E-state index contributed by atoms with van der Waals surface area (Å²) >= 11 is 0. The van der Waals surface area contributed by atoms with Gasteiger partial charge >= 0.3 is 6.09 Å². The van der Waals surface area contributed by atoms with Crippen molar-refractivity contribution < 1.29 is 19.9 Å². The van der Waals surface area contributed by atoms with Gasteiger partial charge < -0.3 is 10.1 Å². The van der Waals surface area contributed by atoms with Crippen LogP contribution < -0.4 is 10.4 Å². The number of benzene rings is 2. The normalized spacial score (nSPS) is 10.9. The highest BCUT2D eigenvalue weighted by atomic mass is 16.5. The Hall–Kier alpha value is -3.32. The number of carbonyl (C=O) groups excluding carboxylic acids is 1. The lowest BCUT2D eigenvalue weighted by Gasteiger charge is -2.22. The first-order valence-corrected chi connectivity index (χ1v) is 10.1. The number of nitrogens with one attached hydrogen (secondary N) is 2. The number of carbonyl (C=O) groups is 2. The molecule has 0 aliphatic carbocycles. The van der Waals surface area contributed by atoms with Gasteiger partial charge in [0.05, 0.1) is 0 Å². The van der Waals surface area contributed by atoms with E-state index in [1.165, 1.54) is 4.90 Å². The van der Waals surface area contributed by atoms with Gasteiger partial charge in [-0.25, -0.2) is 10.3 Å². The Bertz CT molecular complexity index is 1030. The number of carboxylic acid groups (broad SMARTS) is 1. The summed E-state index contributed by atoms with van der Waals surface area (Å²) in [5, 5.41) is 19.3. The molecule has 0 saturated heterocycles. The highest BCUT2D eigenvalue weighted by Gasteiger charge is 2.16. The number of rotatable bonds is 9. The van der Waals surface area contributed by atoms with Gasteiger partial charge in [0, 0.05) is 30.4 Å². The van der Waals surface area contributed by atoms with Crippen LogP contribution in [-0.4, -0.2) is 33.8 Å². The third-order valence-electron chi connectivity index (χ3n) is 5.27. The predicted octanol–water partition coefficient (Wildman–Crippen LogP) is 5.08. The van der Waals surface area contributed by atoms with E-state index in [2.05, 4.69) is 23.2 Å². The second-order valence-electron chi connectivity index (χ2n) is 7.41. The number of hydrogen-bond donors (Lipinski definition) is 4. The molecule has 1 aromatic heterocycles. The molecule has 2 amide bonds. The molecule has 0 fully saturated rings. The topological polar surface area (TPSA) is 106 Å². The molecule has 7 nitrogen and oxygen atoms in total.